The molecular formula is C18H29N3. The van der Waals surface area contributed by atoms with E-state index in [0.29, 0.717) is 6.54 Å². The molecule has 0 bridgehead atoms. The first-order chi connectivity index (χ1) is 10.4. The Bertz CT molecular complexity index is 530. The lowest BCUT2D eigenvalue weighted by atomic mass is 10.1. The Kier molecular flexibility index (Phi) is 6.74. The van der Waals surface area contributed by atoms with Gasteiger partial charge in [0, 0.05) is 24.3 Å². The number of nitrogens with two attached hydrogens (primary N) is 1. The van der Waals surface area contributed by atoms with Crippen LogP contribution in [0.25, 0.3) is 11.0 Å². The molecule has 2 rings (SSSR count). The summed E-state index contributed by atoms with van der Waals surface area (Å²) in [6.45, 7) is 4.04. The highest BCUT2D eigenvalue weighted by atomic mass is 15.0. The van der Waals surface area contributed by atoms with Crippen molar-refractivity contribution in [3.8, 4) is 0 Å². The summed E-state index contributed by atoms with van der Waals surface area (Å²) in [6, 6.07) is 4.18. The van der Waals surface area contributed by atoms with Crippen LogP contribution < -0.4 is 5.73 Å². The van der Waals surface area contributed by atoms with E-state index in [1.807, 2.05) is 12.3 Å². The first-order valence-corrected chi connectivity index (χ1v) is 8.49. The Balaban J connectivity index is 1.87. The van der Waals surface area contributed by atoms with E-state index in [0.717, 1.165) is 18.6 Å². The number of pyridine rings is 1. The fourth-order valence-electron chi connectivity index (χ4n) is 2.96. The molecule has 2 aromatic rings. The van der Waals surface area contributed by atoms with Crippen LogP contribution in [0.4, 0.5) is 0 Å². The Labute approximate surface area is 128 Å². The van der Waals surface area contributed by atoms with Crippen LogP contribution in [-0.2, 0) is 13.0 Å². The second kappa shape index (κ2) is 8.83. The Morgan fingerprint density at radius 3 is 2.62 bits per heavy atom. The summed E-state index contributed by atoms with van der Waals surface area (Å²) in [5, 5.41) is 1.27. The molecule has 0 spiro atoms. The molecule has 0 saturated carbocycles. The van der Waals surface area contributed by atoms with Gasteiger partial charge in [0.05, 0.1) is 0 Å². The molecule has 3 heteroatoms. The molecule has 21 heavy (non-hydrogen) atoms. The molecular weight excluding hydrogens is 258 g/mol. The molecule has 0 atom stereocenters. The minimum Gasteiger partial charge on any atom is -0.332 e. The van der Waals surface area contributed by atoms with Gasteiger partial charge in [0.15, 0.2) is 0 Å². The first-order valence-electron chi connectivity index (χ1n) is 8.49. The van der Waals surface area contributed by atoms with E-state index in [1.165, 1.54) is 55.9 Å². The van der Waals surface area contributed by atoms with Gasteiger partial charge in [0.1, 0.15) is 5.65 Å². The van der Waals surface area contributed by atoms with Gasteiger partial charge in [-0.05, 0) is 37.1 Å². The van der Waals surface area contributed by atoms with Gasteiger partial charge in [-0.1, -0.05) is 45.4 Å². The van der Waals surface area contributed by atoms with Gasteiger partial charge < -0.3 is 10.3 Å². The number of fused-ring (bicyclic) bond motifs is 1. The second-order valence-electron chi connectivity index (χ2n) is 5.88. The monoisotopic (exact) mass is 287 g/mol. The predicted octanol–water partition coefficient (Wildman–Crippen LogP) is 4.29. The van der Waals surface area contributed by atoms with Crippen LogP contribution in [0.5, 0.6) is 0 Å². The van der Waals surface area contributed by atoms with E-state index in [-0.39, 0.29) is 0 Å². The highest BCUT2D eigenvalue weighted by Gasteiger charge is 2.08. The highest BCUT2D eigenvalue weighted by Crippen LogP contribution is 2.20. The van der Waals surface area contributed by atoms with Crippen molar-refractivity contribution in [2.24, 2.45) is 5.73 Å². The summed E-state index contributed by atoms with van der Waals surface area (Å²) in [4.78, 5) is 4.55. The van der Waals surface area contributed by atoms with Gasteiger partial charge in [-0.25, -0.2) is 4.98 Å². The van der Waals surface area contributed by atoms with E-state index in [9.17, 15) is 0 Å². The minimum absolute atomic E-state index is 0.700. The lowest BCUT2D eigenvalue weighted by Crippen LogP contribution is -2.02. The van der Waals surface area contributed by atoms with Crippen molar-refractivity contribution in [1.82, 2.24) is 9.55 Å². The molecule has 3 nitrogen and oxygen atoms in total. The molecule has 0 aliphatic carbocycles. The van der Waals surface area contributed by atoms with E-state index in [1.54, 1.807) is 0 Å². The van der Waals surface area contributed by atoms with Crippen molar-refractivity contribution in [3.05, 3.63) is 30.1 Å². The van der Waals surface area contributed by atoms with E-state index >= 15 is 0 Å². The van der Waals surface area contributed by atoms with Crippen LogP contribution in [-0.4, -0.2) is 16.1 Å². The molecule has 0 amide bonds. The number of aryl methyl sites for hydroxylation is 1. The molecule has 0 aliphatic rings. The van der Waals surface area contributed by atoms with Crippen molar-refractivity contribution in [3.63, 3.8) is 0 Å². The summed E-state index contributed by atoms with van der Waals surface area (Å²) in [6.07, 6.45) is 14.5. The first kappa shape index (κ1) is 16.0. The summed E-state index contributed by atoms with van der Waals surface area (Å²) in [5.41, 5.74) is 8.16. The molecule has 2 aromatic heterocycles. The fourth-order valence-corrected chi connectivity index (χ4v) is 2.96. The van der Waals surface area contributed by atoms with E-state index in [4.69, 9.17) is 5.73 Å². The van der Waals surface area contributed by atoms with Crippen LogP contribution in [0.2, 0.25) is 0 Å². The maximum absolute atomic E-state index is 5.71. The van der Waals surface area contributed by atoms with Gasteiger partial charge in [0.2, 0.25) is 0 Å². The lowest BCUT2D eigenvalue weighted by molar-refractivity contribution is 0.554. The zero-order valence-electron chi connectivity index (χ0n) is 13.4. The summed E-state index contributed by atoms with van der Waals surface area (Å²) < 4.78 is 2.31. The molecule has 116 valence electrons. The topological polar surface area (TPSA) is 43.8 Å². The quantitative estimate of drug-likeness (QED) is 0.662. The molecule has 2 N–H and O–H groups in total. The Morgan fingerprint density at radius 2 is 1.86 bits per heavy atom. The van der Waals surface area contributed by atoms with Gasteiger partial charge in [-0.2, -0.15) is 0 Å². The molecule has 0 aromatic carbocycles. The minimum atomic E-state index is 0.700. The van der Waals surface area contributed by atoms with Crippen molar-refractivity contribution in [2.45, 2.75) is 64.8 Å². The van der Waals surface area contributed by atoms with Crippen molar-refractivity contribution >= 4 is 11.0 Å². The maximum atomic E-state index is 5.71. The average molecular weight is 287 g/mol. The van der Waals surface area contributed by atoms with Crippen molar-refractivity contribution < 1.29 is 0 Å². The lowest BCUT2D eigenvalue weighted by Gasteiger charge is -2.04. The van der Waals surface area contributed by atoms with Crippen LogP contribution >= 0.6 is 0 Å². The van der Waals surface area contributed by atoms with E-state index in [2.05, 4.69) is 28.7 Å². The smallest absolute Gasteiger partial charge is 0.140 e. The number of rotatable bonds is 10. The van der Waals surface area contributed by atoms with Gasteiger partial charge in [-0.15, -0.1) is 0 Å². The van der Waals surface area contributed by atoms with Crippen LogP contribution in [0.3, 0.4) is 0 Å². The number of hydrogen-bond acceptors (Lipinski definition) is 2. The summed E-state index contributed by atoms with van der Waals surface area (Å²) in [5.74, 6) is 0. The average Bonchev–Trinajstić information content (AvgIpc) is 2.85. The van der Waals surface area contributed by atoms with Crippen molar-refractivity contribution in [1.29, 1.82) is 0 Å². The number of unbranched alkanes of at least 4 members (excludes halogenated alkanes) is 6. The summed E-state index contributed by atoms with van der Waals surface area (Å²) >= 11 is 0. The molecule has 0 fully saturated rings. The third-order valence-electron chi connectivity index (χ3n) is 4.13. The van der Waals surface area contributed by atoms with Gasteiger partial charge in [0.25, 0.3) is 0 Å². The van der Waals surface area contributed by atoms with Crippen LogP contribution in [0, 0.1) is 0 Å². The fraction of sp³-hybridized carbons (Fsp3) is 0.611. The maximum Gasteiger partial charge on any atom is 0.140 e. The molecule has 0 unspecified atom stereocenters. The molecule has 2 heterocycles. The molecule has 0 aliphatic heterocycles. The predicted molar refractivity (Wildman–Crippen MR) is 90.5 cm³/mol. The standard InChI is InChI=1S/C18H29N3/c1-2-3-4-5-6-7-8-14-21-15-16(11-12-19)17-10-9-13-20-18(17)21/h9-10,13,15H,2-8,11-12,14,19H2,1H3. The number of hydrogen-bond donors (Lipinski definition) is 1. The third-order valence-corrected chi connectivity index (χ3v) is 4.13. The number of nitrogens with zero attached hydrogens (tertiary/aromatic N) is 2. The highest BCUT2D eigenvalue weighted by molar-refractivity contribution is 5.80. The normalized spacial score (nSPS) is 11.3. The number of aromatic nitrogens is 2. The third kappa shape index (κ3) is 4.57. The Hall–Kier alpha value is -1.35. The van der Waals surface area contributed by atoms with Gasteiger partial charge in [-0.3, -0.25) is 0 Å². The summed E-state index contributed by atoms with van der Waals surface area (Å²) in [7, 11) is 0. The second-order valence-corrected chi connectivity index (χ2v) is 5.88. The van der Waals surface area contributed by atoms with Gasteiger partial charge >= 0.3 is 0 Å². The van der Waals surface area contributed by atoms with Crippen LogP contribution in [0.15, 0.2) is 24.5 Å². The zero-order valence-corrected chi connectivity index (χ0v) is 13.4. The largest absolute Gasteiger partial charge is 0.332 e. The zero-order chi connectivity index (χ0) is 14.9. The molecule has 0 radical (unpaired) electrons. The Morgan fingerprint density at radius 1 is 1.10 bits per heavy atom. The SMILES string of the molecule is CCCCCCCCCn1cc(CCN)c2cccnc21. The van der Waals surface area contributed by atoms with E-state index < -0.39 is 0 Å². The molecule has 0 saturated heterocycles. The van der Waals surface area contributed by atoms with Crippen LogP contribution in [0.1, 0.15) is 57.4 Å². The van der Waals surface area contributed by atoms with Crippen molar-refractivity contribution in [2.75, 3.05) is 6.54 Å².